The smallest absolute Gasteiger partial charge is 0.314 e. The molecular weight excluding hydrogens is 475 g/mol. The van der Waals surface area contributed by atoms with Gasteiger partial charge in [-0.1, -0.05) is 32.0 Å². The van der Waals surface area contributed by atoms with Crippen molar-refractivity contribution in [3.63, 3.8) is 0 Å². The summed E-state index contributed by atoms with van der Waals surface area (Å²) in [4.78, 5) is 39.0. The van der Waals surface area contributed by atoms with Gasteiger partial charge in [0.1, 0.15) is 17.1 Å². The highest BCUT2D eigenvalue weighted by atomic mass is 19.1. The van der Waals surface area contributed by atoms with E-state index >= 15 is 4.39 Å². The Labute approximate surface area is 216 Å². The zero-order chi connectivity index (χ0) is 26.7. The van der Waals surface area contributed by atoms with E-state index in [4.69, 9.17) is 5.73 Å². The van der Waals surface area contributed by atoms with E-state index in [2.05, 4.69) is 24.5 Å². The molecule has 0 spiro atoms. The average molecular weight is 511 g/mol. The number of benzene rings is 2. The molecule has 3 amide bonds. The maximum Gasteiger partial charge on any atom is 0.314 e. The lowest BCUT2D eigenvalue weighted by molar-refractivity contribution is 0.0932. The first-order valence-corrected chi connectivity index (χ1v) is 12.8. The average Bonchev–Trinajstić information content (AvgIpc) is 3.10. The predicted octanol–water partition coefficient (Wildman–Crippen LogP) is 3.88. The predicted molar refractivity (Wildman–Crippen MR) is 138 cm³/mol. The van der Waals surface area contributed by atoms with Gasteiger partial charge in [-0.15, -0.1) is 0 Å². The fourth-order valence-corrected chi connectivity index (χ4v) is 5.41. The molecule has 2 saturated heterocycles. The number of rotatable bonds is 5. The fraction of sp³-hybridized carbons (Fsp3) is 0.464. The Kier molecular flexibility index (Phi) is 7.82. The normalized spacial score (nSPS) is 21.6. The van der Waals surface area contributed by atoms with E-state index in [1.807, 2.05) is 0 Å². The number of primary amides is 1. The van der Waals surface area contributed by atoms with Gasteiger partial charge in [-0.25, -0.2) is 9.18 Å². The molecule has 2 fully saturated rings. The maximum atomic E-state index is 15.7. The van der Waals surface area contributed by atoms with Gasteiger partial charge in [-0.05, 0) is 62.3 Å². The van der Waals surface area contributed by atoms with Crippen LogP contribution in [0.3, 0.4) is 0 Å². The van der Waals surface area contributed by atoms with E-state index in [1.54, 1.807) is 4.90 Å². The molecule has 1 unspecified atom stereocenters. The van der Waals surface area contributed by atoms with Crippen LogP contribution in [-0.2, 0) is 0 Å². The molecule has 0 aliphatic carbocycles. The molecule has 0 aromatic heterocycles. The molecule has 8 nitrogen and oxygen atoms in total. The third kappa shape index (κ3) is 5.77. The number of urea groups is 1. The zero-order valence-electron chi connectivity index (χ0n) is 21.4. The van der Waals surface area contributed by atoms with Crippen LogP contribution >= 0.6 is 0 Å². The minimum absolute atomic E-state index is 0.0930. The van der Waals surface area contributed by atoms with Gasteiger partial charge in [-0.3, -0.25) is 9.59 Å². The SMILES string of the molecule is CC1(C)CCCNC1c1ccc(O)c(C(=O)c2ccc(C(=O)N[C@H]3CCCN(C(N)=O)CC3)cc2)c1F. The zero-order valence-corrected chi connectivity index (χ0v) is 21.4. The second-order valence-corrected chi connectivity index (χ2v) is 10.7. The summed E-state index contributed by atoms with van der Waals surface area (Å²) in [6, 6.07) is 8.03. The monoisotopic (exact) mass is 510 g/mol. The van der Waals surface area contributed by atoms with Crippen molar-refractivity contribution >= 4 is 17.7 Å². The molecule has 0 saturated carbocycles. The molecular formula is C28H35FN4O4. The molecule has 0 bridgehead atoms. The van der Waals surface area contributed by atoms with Gasteiger partial charge in [0.2, 0.25) is 0 Å². The molecule has 2 aliphatic rings. The molecule has 4 rings (SSSR count). The second-order valence-electron chi connectivity index (χ2n) is 10.7. The van der Waals surface area contributed by atoms with Crippen molar-refractivity contribution in [2.45, 2.75) is 58.0 Å². The van der Waals surface area contributed by atoms with Gasteiger partial charge in [0.25, 0.3) is 5.91 Å². The van der Waals surface area contributed by atoms with Crippen LogP contribution in [0.4, 0.5) is 9.18 Å². The van der Waals surface area contributed by atoms with Crippen molar-refractivity contribution in [1.82, 2.24) is 15.5 Å². The van der Waals surface area contributed by atoms with Crippen molar-refractivity contribution in [2.75, 3.05) is 19.6 Å². The molecule has 2 heterocycles. The number of ketones is 1. The van der Waals surface area contributed by atoms with Gasteiger partial charge in [-0.2, -0.15) is 0 Å². The summed E-state index contributed by atoms with van der Waals surface area (Å²) in [7, 11) is 0. The van der Waals surface area contributed by atoms with Crippen molar-refractivity contribution in [3.05, 3.63) is 64.5 Å². The molecule has 2 aromatic carbocycles. The van der Waals surface area contributed by atoms with Crippen LogP contribution in [-0.4, -0.2) is 53.4 Å². The Morgan fingerprint density at radius 3 is 2.43 bits per heavy atom. The van der Waals surface area contributed by atoms with E-state index in [0.717, 1.165) is 32.2 Å². The third-order valence-corrected chi connectivity index (χ3v) is 7.60. The molecule has 2 atom stereocenters. The van der Waals surface area contributed by atoms with Crippen molar-refractivity contribution in [2.24, 2.45) is 11.1 Å². The molecule has 5 N–H and O–H groups in total. The molecule has 2 aliphatic heterocycles. The largest absolute Gasteiger partial charge is 0.507 e. The number of hydrogen-bond donors (Lipinski definition) is 4. The highest BCUT2D eigenvalue weighted by Crippen LogP contribution is 2.42. The first-order valence-electron chi connectivity index (χ1n) is 12.8. The molecule has 0 radical (unpaired) electrons. The van der Waals surface area contributed by atoms with Gasteiger partial charge in [0, 0.05) is 41.9 Å². The van der Waals surface area contributed by atoms with Crippen LogP contribution in [0, 0.1) is 11.2 Å². The van der Waals surface area contributed by atoms with E-state index in [9.17, 15) is 19.5 Å². The summed E-state index contributed by atoms with van der Waals surface area (Å²) in [5.74, 6) is -2.08. The number of carbonyl (C=O) groups is 3. The van der Waals surface area contributed by atoms with Gasteiger partial charge in [0.05, 0.1) is 0 Å². The number of nitrogens with zero attached hydrogens (tertiary/aromatic N) is 1. The first-order chi connectivity index (χ1) is 17.6. The number of carbonyl (C=O) groups excluding carboxylic acids is 3. The first kappa shape index (κ1) is 26.6. The number of phenols is 1. The highest BCUT2D eigenvalue weighted by molar-refractivity contribution is 6.11. The summed E-state index contributed by atoms with van der Waals surface area (Å²) in [5.41, 5.74) is 5.68. The number of likely N-dealkylation sites (tertiary alicyclic amines) is 1. The maximum absolute atomic E-state index is 15.7. The Balaban J connectivity index is 1.49. The summed E-state index contributed by atoms with van der Waals surface area (Å²) in [6.07, 6.45) is 3.98. The van der Waals surface area contributed by atoms with Crippen LogP contribution in [0.25, 0.3) is 0 Å². The Bertz CT molecular complexity index is 1180. The van der Waals surface area contributed by atoms with Crippen molar-refractivity contribution in [3.8, 4) is 5.75 Å². The quantitative estimate of drug-likeness (QED) is 0.455. The van der Waals surface area contributed by atoms with Crippen molar-refractivity contribution in [1.29, 1.82) is 0 Å². The molecule has 198 valence electrons. The minimum Gasteiger partial charge on any atom is -0.507 e. The summed E-state index contributed by atoms with van der Waals surface area (Å²) in [5, 5.41) is 16.7. The topological polar surface area (TPSA) is 125 Å². The lowest BCUT2D eigenvalue weighted by Gasteiger charge is -2.40. The standard InChI is InChI=1S/C28H35FN4O4/c1-28(2)13-4-14-31-25(28)20-10-11-21(34)22(23(20)29)24(35)17-6-8-18(9-7-17)26(36)32-19-5-3-15-33(16-12-19)27(30)37/h6-11,19,25,31,34H,3-5,12-16H2,1-2H3,(H2,30,37)(H,32,36)/t19-,25?/m0/s1. The summed E-state index contributed by atoms with van der Waals surface area (Å²) >= 11 is 0. The minimum atomic E-state index is -0.724. The summed E-state index contributed by atoms with van der Waals surface area (Å²) in [6.45, 7) is 5.92. The van der Waals surface area contributed by atoms with E-state index < -0.39 is 23.4 Å². The van der Waals surface area contributed by atoms with Gasteiger partial charge < -0.3 is 26.4 Å². The summed E-state index contributed by atoms with van der Waals surface area (Å²) < 4.78 is 15.7. The Morgan fingerprint density at radius 1 is 1.05 bits per heavy atom. The number of amides is 3. The molecule has 9 heteroatoms. The van der Waals surface area contributed by atoms with Crippen molar-refractivity contribution < 1.29 is 23.9 Å². The number of nitrogens with one attached hydrogen (secondary N) is 2. The van der Waals surface area contributed by atoms with Crippen LogP contribution in [0.15, 0.2) is 36.4 Å². The lowest BCUT2D eigenvalue weighted by atomic mass is 9.74. The number of aromatic hydroxyl groups is 1. The van der Waals surface area contributed by atoms with Crippen LogP contribution in [0.1, 0.15) is 83.8 Å². The lowest BCUT2D eigenvalue weighted by Crippen LogP contribution is -2.40. The fourth-order valence-electron chi connectivity index (χ4n) is 5.41. The van der Waals surface area contributed by atoms with Crippen LogP contribution in [0.2, 0.25) is 0 Å². The molecule has 37 heavy (non-hydrogen) atoms. The number of halogens is 1. The van der Waals surface area contributed by atoms with Crippen LogP contribution < -0.4 is 16.4 Å². The number of hydrogen-bond acceptors (Lipinski definition) is 5. The highest BCUT2D eigenvalue weighted by Gasteiger charge is 2.36. The number of piperidine rings is 1. The third-order valence-electron chi connectivity index (χ3n) is 7.60. The van der Waals surface area contributed by atoms with E-state index in [0.29, 0.717) is 30.6 Å². The Hall–Kier alpha value is -3.46. The number of nitrogens with two attached hydrogens (primary N) is 1. The van der Waals surface area contributed by atoms with Gasteiger partial charge in [0.15, 0.2) is 5.78 Å². The Morgan fingerprint density at radius 2 is 1.76 bits per heavy atom. The van der Waals surface area contributed by atoms with Gasteiger partial charge >= 0.3 is 6.03 Å². The number of phenolic OH excluding ortho intramolecular Hbond substituents is 1. The van der Waals surface area contributed by atoms with E-state index in [-0.39, 0.29) is 34.5 Å². The molecule has 2 aromatic rings. The van der Waals surface area contributed by atoms with E-state index in [1.165, 1.54) is 36.4 Å². The van der Waals surface area contributed by atoms with Crippen LogP contribution in [0.5, 0.6) is 5.75 Å². The second kappa shape index (κ2) is 10.9.